The number of benzene rings is 2. The van der Waals surface area contributed by atoms with Crippen molar-refractivity contribution in [3.8, 4) is 0 Å². The Kier molecular flexibility index (Phi) is 4.69. The first-order valence-electron chi connectivity index (χ1n) is 8.87. The van der Waals surface area contributed by atoms with Gasteiger partial charge in [-0.1, -0.05) is 36.4 Å². The molecule has 0 saturated carbocycles. The van der Waals surface area contributed by atoms with Crippen LogP contribution >= 0.6 is 0 Å². The van der Waals surface area contributed by atoms with Crippen LogP contribution in [-0.2, 0) is 13.1 Å². The van der Waals surface area contributed by atoms with E-state index in [4.69, 9.17) is 4.42 Å². The van der Waals surface area contributed by atoms with Crippen LogP contribution in [0.3, 0.4) is 0 Å². The molecule has 0 atom stereocenters. The number of rotatable bonds is 5. The van der Waals surface area contributed by atoms with E-state index in [9.17, 15) is 13.6 Å². The van der Waals surface area contributed by atoms with Crippen molar-refractivity contribution in [2.75, 3.05) is 0 Å². The summed E-state index contributed by atoms with van der Waals surface area (Å²) in [6.07, 6.45) is 0. The molecule has 2 heterocycles. The van der Waals surface area contributed by atoms with Crippen molar-refractivity contribution in [1.82, 2.24) is 9.88 Å². The molecule has 1 amide bonds. The first kappa shape index (κ1) is 18.0. The van der Waals surface area contributed by atoms with Crippen LogP contribution < -0.4 is 5.32 Å². The highest BCUT2D eigenvalue weighted by atomic mass is 19.2. The second-order valence-electron chi connectivity index (χ2n) is 6.64. The lowest BCUT2D eigenvalue weighted by atomic mass is 10.2. The molecule has 2 aromatic carbocycles. The zero-order chi connectivity index (χ0) is 19.7. The number of hydrogen-bond acceptors (Lipinski definition) is 2. The van der Waals surface area contributed by atoms with Crippen LogP contribution in [0.25, 0.3) is 11.1 Å². The van der Waals surface area contributed by atoms with Crippen LogP contribution in [0.2, 0.25) is 0 Å². The minimum absolute atomic E-state index is 0.216. The standard InChI is InChI=1S/C22H18F2N2O2/c1-14-9-19-21(28-14)11-20(22(27)25-12-15-5-3-2-4-6-15)26(19)13-16-7-8-17(23)18(24)10-16/h2-11H,12-13H2,1H3,(H,25,27). The van der Waals surface area contributed by atoms with Crippen molar-refractivity contribution in [2.24, 2.45) is 0 Å². The smallest absolute Gasteiger partial charge is 0.268 e. The fourth-order valence-electron chi connectivity index (χ4n) is 3.21. The maximum atomic E-state index is 13.6. The van der Waals surface area contributed by atoms with Gasteiger partial charge in [0.1, 0.15) is 11.5 Å². The van der Waals surface area contributed by atoms with Crippen LogP contribution in [0.5, 0.6) is 0 Å². The molecule has 0 aliphatic heterocycles. The Morgan fingerprint density at radius 1 is 1.00 bits per heavy atom. The molecule has 1 N–H and O–H groups in total. The predicted octanol–water partition coefficient (Wildman–Crippen LogP) is 4.80. The van der Waals surface area contributed by atoms with Crippen LogP contribution in [0, 0.1) is 18.6 Å². The number of hydrogen-bond donors (Lipinski definition) is 1. The summed E-state index contributed by atoms with van der Waals surface area (Å²) < 4.78 is 34.3. The van der Waals surface area contributed by atoms with Gasteiger partial charge in [0.2, 0.25) is 0 Å². The molecule has 0 bridgehead atoms. The Morgan fingerprint density at radius 3 is 2.54 bits per heavy atom. The molecule has 0 aliphatic carbocycles. The van der Waals surface area contributed by atoms with Gasteiger partial charge in [-0.05, 0) is 30.2 Å². The fourth-order valence-corrected chi connectivity index (χ4v) is 3.21. The normalized spacial score (nSPS) is 11.1. The molecule has 142 valence electrons. The van der Waals surface area contributed by atoms with E-state index in [0.29, 0.717) is 29.1 Å². The lowest BCUT2D eigenvalue weighted by Crippen LogP contribution is -2.25. The summed E-state index contributed by atoms with van der Waals surface area (Å²) in [5, 5.41) is 2.89. The Morgan fingerprint density at radius 2 is 1.79 bits per heavy atom. The highest BCUT2D eigenvalue weighted by Gasteiger charge is 2.19. The Bertz CT molecular complexity index is 1150. The van der Waals surface area contributed by atoms with Gasteiger partial charge in [-0.25, -0.2) is 8.78 Å². The number of nitrogens with zero attached hydrogens (tertiary/aromatic N) is 1. The number of carbonyl (C=O) groups excluding carboxylic acids is 1. The van der Waals surface area contributed by atoms with E-state index in [-0.39, 0.29) is 12.5 Å². The van der Waals surface area contributed by atoms with Gasteiger partial charge in [0.25, 0.3) is 5.91 Å². The van der Waals surface area contributed by atoms with Gasteiger partial charge < -0.3 is 14.3 Å². The molecule has 0 fully saturated rings. The molecule has 4 aromatic rings. The average molecular weight is 380 g/mol. The molecule has 2 aromatic heterocycles. The second kappa shape index (κ2) is 7.31. The monoisotopic (exact) mass is 380 g/mol. The van der Waals surface area contributed by atoms with Crippen molar-refractivity contribution in [3.63, 3.8) is 0 Å². The third kappa shape index (κ3) is 3.53. The van der Waals surface area contributed by atoms with Gasteiger partial charge in [-0.3, -0.25) is 4.79 Å². The number of amides is 1. The predicted molar refractivity (Wildman–Crippen MR) is 102 cm³/mol. The van der Waals surface area contributed by atoms with Crippen LogP contribution in [0.4, 0.5) is 8.78 Å². The second-order valence-corrected chi connectivity index (χ2v) is 6.64. The quantitative estimate of drug-likeness (QED) is 0.541. The van der Waals surface area contributed by atoms with E-state index in [1.807, 2.05) is 43.3 Å². The fraction of sp³-hybridized carbons (Fsp3) is 0.136. The van der Waals surface area contributed by atoms with Crippen LogP contribution in [-0.4, -0.2) is 10.5 Å². The van der Waals surface area contributed by atoms with Gasteiger partial charge >= 0.3 is 0 Å². The average Bonchev–Trinajstić information content (AvgIpc) is 3.20. The number of furan rings is 1. The highest BCUT2D eigenvalue weighted by Crippen LogP contribution is 2.25. The highest BCUT2D eigenvalue weighted by molar-refractivity contribution is 5.97. The Balaban J connectivity index is 1.65. The number of aryl methyl sites for hydroxylation is 1. The van der Waals surface area contributed by atoms with Gasteiger partial charge in [0.05, 0.1) is 5.52 Å². The number of aromatic nitrogens is 1. The molecule has 0 radical (unpaired) electrons. The number of carbonyl (C=O) groups is 1. The summed E-state index contributed by atoms with van der Waals surface area (Å²) in [5.41, 5.74) is 3.23. The molecular formula is C22H18F2N2O2. The SMILES string of the molecule is Cc1cc2c(cc(C(=O)NCc3ccccc3)n2Cc2ccc(F)c(F)c2)o1. The first-order valence-corrected chi connectivity index (χ1v) is 8.87. The maximum Gasteiger partial charge on any atom is 0.268 e. The maximum absolute atomic E-state index is 13.6. The molecule has 0 spiro atoms. The minimum Gasteiger partial charge on any atom is -0.460 e. The van der Waals surface area contributed by atoms with Gasteiger partial charge in [0.15, 0.2) is 17.2 Å². The lowest BCUT2D eigenvalue weighted by Gasteiger charge is -2.11. The van der Waals surface area contributed by atoms with Crippen molar-refractivity contribution in [2.45, 2.75) is 20.0 Å². The van der Waals surface area contributed by atoms with E-state index < -0.39 is 11.6 Å². The molecule has 28 heavy (non-hydrogen) atoms. The molecular weight excluding hydrogens is 362 g/mol. The van der Waals surface area contributed by atoms with E-state index in [1.165, 1.54) is 6.07 Å². The van der Waals surface area contributed by atoms with E-state index >= 15 is 0 Å². The van der Waals surface area contributed by atoms with Crippen LogP contribution in [0.15, 0.2) is 65.1 Å². The lowest BCUT2D eigenvalue weighted by molar-refractivity contribution is 0.0942. The van der Waals surface area contributed by atoms with Gasteiger partial charge in [-0.2, -0.15) is 0 Å². The van der Waals surface area contributed by atoms with E-state index in [1.54, 1.807) is 10.6 Å². The molecule has 0 saturated heterocycles. The van der Waals surface area contributed by atoms with Crippen molar-refractivity contribution < 1.29 is 18.0 Å². The molecule has 4 rings (SSSR count). The van der Waals surface area contributed by atoms with E-state index in [2.05, 4.69) is 5.32 Å². The molecule has 6 heteroatoms. The molecule has 0 aliphatic rings. The minimum atomic E-state index is -0.917. The zero-order valence-corrected chi connectivity index (χ0v) is 15.2. The summed E-state index contributed by atoms with van der Waals surface area (Å²) in [5.74, 6) is -1.38. The van der Waals surface area contributed by atoms with Crippen molar-refractivity contribution in [1.29, 1.82) is 0 Å². The van der Waals surface area contributed by atoms with Crippen LogP contribution in [0.1, 0.15) is 27.4 Å². The molecule has 4 nitrogen and oxygen atoms in total. The summed E-state index contributed by atoms with van der Waals surface area (Å²) in [7, 11) is 0. The Hall–Kier alpha value is -3.41. The Labute approximate surface area is 160 Å². The summed E-state index contributed by atoms with van der Waals surface area (Å²) >= 11 is 0. The number of halogens is 2. The third-order valence-corrected chi connectivity index (χ3v) is 4.57. The van der Waals surface area contributed by atoms with Gasteiger partial charge in [0, 0.05) is 25.2 Å². The third-order valence-electron chi connectivity index (χ3n) is 4.57. The zero-order valence-electron chi connectivity index (χ0n) is 15.2. The van der Waals surface area contributed by atoms with Gasteiger partial charge in [-0.15, -0.1) is 0 Å². The number of nitrogens with one attached hydrogen (secondary N) is 1. The van der Waals surface area contributed by atoms with E-state index in [0.717, 1.165) is 23.2 Å². The number of fused-ring (bicyclic) bond motifs is 1. The van der Waals surface area contributed by atoms with Crippen molar-refractivity contribution in [3.05, 3.63) is 94.9 Å². The largest absolute Gasteiger partial charge is 0.460 e. The van der Waals surface area contributed by atoms with Crippen molar-refractivity contribution >= 4 is 17.0 Å². The summed E-state index contributed by atoms with van der Waals surface area (Å²) in [6.45, 7) is 2.42. The summed E-state index contributed by atoms with van der Waals surface area (Å²) in [4.78, 5) is 12.8. The summed E-state index contributed by atoms with van der Waals surface area (Å²) in [6, 6.07) is 16.8. The first-order chi connectivity index (χ1) is 13.5. The molecule has 0 unspecified atom stereocenters. The topological polar surface area (TPSA) is 47.2 Å².